The zero-order valence-corrected chi connectivity index (χ0v) is 13.2. The number of likely N-dealkylation sites (N-methyl/N-ethyl adjacent to an activating group) is 1. The molecule has 0 aliphatic carbocycles. The van der Waals surface area contributed by atoms with E-state index in [0.717, 1.165) is 11.4 Å². The van der Waals surface area contributed by atoms with Gasteiger partial charge in [-0.15, -0.1) is 0 Å². The van der Waals surface area contributed by atoms with Gasteiger partial charge < -0.3 is 10.2 Å². The quantitative estimate of drug-likeness (QED) is 0.871. The number of quaternary nitrogens is 1. The maximum Gasteiger partial charge on any atom is 0.279 e. The van der Waals surface area contributed by atoms with Crippen LogP contribution < -0.4 is 10.2 Å². The van der Waals surface area contributed by atoms with Crippen LogP contribution in [0.25, 0.3) is 0 Å². The summed E-state index contributed by atoms with van der Waals surface area (Å²) < 4.78 is 0. The average Bonchev–Trinajstić information content (AvgIpc) is 2.43. The first-order chi connectivity index (χ1) is 10.0. The summed E-state index contributed by atoms with van der Waals surface area (Å²) in [7, 11) is 1.98. The minimum atomic E-state index is -0.0902. The third kappa shape index (κ3) is 5.05. The lowest BCUT2D eigenvalue weighted by molar-refractivity contribution is -0.885. The molecular formula is C16H17Cl2N2O+. The molecule has 0 saturated heterocycles. The number of hydrogen-bond donors (Lipinski definition) is 2. The maximum atomic E-state index is 12.0. The van der Waals surface area contributed by atoms with E-state index in [1.807, 2.05) is 25.2 Å². The van der Waals surface area contributed by atoms with Crippen molar-refractivity contribution in [3.63, 3.8) is 0 Å². The van der Waals surface area contributed by atoms with E-state index in [2.05, 4.69) is 17.4 Å². The number of hydrogen-bond acceptors (Lipinski definition) is 1. The molecule has 0 spiro atoms. The van der Waals surface area contributed by atoms with Crippen molar-refractivity contribution in [2.75, 3.05) is 18.9 Å². The van der Waals surface area contributed by atoms with E-state index < -0.39 is 0 Å². The molecular weight excluding hydrogens is 307 g/mol. The van der Waals surface area contributed by atoms with Crippen LogP contribution in [0.2, 0.25) is 10.0 Å². The molecule has 110 valence electrons. The van der Waals surface area contributed by atoms with Crippen LogP contribution >= 0.6 is 23.2 Å². The summed E-state index contributed by atoms with van der Waals surface area (Å²) in [5, 5.41) is 3.81. The first kappa shape index (κ1) is 15.8. The lowest BCUT2D eigenvalue weighted by Gasteiger charge is -2.14. The second-order valence-electron chi connectivity index (χ2n) is 4.97. The van der Waals surface area contributed by atoms with Gasteiger partial charge >= 0.3 is 0 Å². The van der Waals surface area contributed by atoms with E-state index in [1.54, 1.807) is 18.2 Å². The number of rotatable bonds is 5. The molecule has 5 heteroatoms. The van der Waals surface area contributed by atoms with E-state index >= 15 is 0 Å². The number of halogens is 2. The Labute approximate surface area is 134 Å². The summed E-state index contributed by atoms with van der Waals surface area (Å²) in [6, 6.07) is 15.1. The van der Waals surface area contributed by atoms with Crippen molar-refractivity contribution in [3.8, 4) is 0 Å². The Balaban J connectivity index is 1.91. The van der Waals surface area contributed by atoms with Crippen LogP contribution in [0.4, 0.5) is 5.69 Å². The fourth-order valence-corrected chi connectivity index (χ4v) is 2.41. The Morgan fingerprint density at radius 1 is 1.14 bits per heavy atom. The van der Waals surface area contributed by atoms with Crippen LogP contribution in [0.1, 0.15) is 5.56 Å². The van der Waals surface area contributed by atoms with Crippen LogP contribution in [0.3, 0.4) is 0 Å². The summed E-state index contributed by atoms with van der Waals surface area (Å²) >= 11 is 11.9. The molecule has 21 heavy (non-hydrogen) atoms. The summed E-state index contributed by atoms with van der Waals surface area (Å²) in [6.07, 6.45) is 0. The highest BCUT2D eigenvalue weighted by atomic mass is 35.5. The van der Waals surface area contributed by atoms with Gasteiger partial charge in [0.25, 0.3) is 5.91 Å². The summed E-state index contributed by atoms with van der Waals surface area (Å²) in [5.74, 6) is -0.0902. The molecule has 2 N–H and O–H groups in total. The van der Waals surface area contributed by atoms with Crippen molar-refractivity contribution in [1.82, 2.24) is 0 Å². The highest BCUT2D eigenvalue weighted by Gasteiger charge is 2.12. The molecule has 2 aromatic rings. The fraction of sp³-hybridized carbons (Fsp3) is 0.188. The monoisotopic (exact) mass is 323 g/mol. The van der Waals surface area contributed by atoms with Gasteiger partial charge in [0.05, 0.1) is 17.8 Å². The van der Waals surface area contributed by atoms with E-state index in [-0.39, 0.29) is 5.91 Å². The highest BCUT2D eigenvalue weighted by Crippen LogP contribution is 2.25. The lowest BCUT2D eigenvalue weighted by Crippen LogP contribution is -3.08. The molecule has 1 amide bonds. The molecule has 0 radical (unpaired) electrons. The predicted molar refractivity (Wildman–Crippen MR) is 87.0 cm³/mol. The van der Waals surface area contributed by atoms with Gasteiger partial charge in [0.1, 0.15) is 6.54 Å². The smallest absolute Gasteiger partial charge is 0.279 e. The van der Waals surface area contributed by atoms with Crippen molar-refractivity contribution in [3.05, 3.63) is 64.1 Å². The highest BCUT2D eigenvalue weighted by molar-refractivity contribution is 6.35. The first-order valence-electron chi connectivity index (χ1n) is 6.65. The molecule has 0 heterocycles. The minimum Gasteiger partial charge on any atom is -0.326 e. The zero-order valence-electron chi connectivity index (χ0n) is 11.7. The van der Waals surface area contributed by atoms with E-state index in [0.29, 0.717) is 22.3 Å². The molecule has 1 atom stereocenters. The second-order valence-corrected chi connectivity index (χ2v) is 5.81. The van der Waals surface area contributed by atoms with Gasteiger partial charge in [0.2, 0.25) is 0 Å². The van der Waals surface area contributed by atoms with Crippen LogP contribution in [0, 0.1) is 0 Å². The number of anilines is 1. The van der Waals surface area contributed by atoms with Crippen LogP contribution in [0.15, 0.2) is 48.5 Å². The van der Waals surface area contributed by atoms with E-state index in [9.17, 15) is 4.79 Å². The van der Waals surface area contributed by atoms with E-state index in [4.69, 9.17) is 23.2 Å². The van der Waals surface area contributed by atoms with Crippen LogP contribution in [-0.4, -0.2) is 19.5 Å². The predicted octanol–water partition coefficient (Wildman–Crippen LogP) is 2.65. The first-order valence-corrected chi connectivity index (χ1v) is 7.40. The summed E-state index contributed by atoms with van der Waals surface area (Å²) in [4.78, 5) is 13.1. The third-order valence-corrected chi connectivity index (χ3v) is 3.58. The average molecular weight is 324 g/mol. The standard InChI is InChI=1S/C16H16Cl2N2O/c1-20(10-12-5-3-2-4-6-12)11-16(21)19-15-9-13(17)7-8-14(15)18/h2-9H,10-11H2,1H3,(H,19,21)/p+1. The number of carbonyl (C=O) groups excluding carboxylic acids is 1. The van der Waals surface area contributed by atoms with Gasteiger partial charge in [-0.2, -0.15) is 0 Å². The van der Waals surface area contributed by atoms with Gasteiger partial charge in [-0.05, 0) is 18.2 Å². The molecule has 0 bridgehead atoms. The molecule has 0 saturated carbocycles. The normalized spacial score (nSPS) is 12.0. The molecule has 0 aromatic heterocycles. The lowest BCUT2D eigenvalue weighted by atomic mass is 10.2. The third-order valence-electron chi connectivity index (χ3n) is 3.01. The Hall–Kier alpha value is -1.55. The fourth-order valence-electron chi connectivity index (χ4n) is 2.07. The Morgan fingerprint density at radius 2 is 1.86 bits per heavy atom. The van der Waals surface area contributed by atoms with Crippen molar-refractivity contribution in [1.29, 1.82) is 0 Å². The Morgan fingerprint density at radius 3 is 2.57 bits per heavy atom. The van der Waals surface area contributed by atoms with Gasteiger partial charge in [-0.25, -0.2) is 0 Å². The maximum absolute atomic E-state index is 12.0. The zero-order chi connectivity index (χ0) is 15.2. The number of amides is 1. The molecule has 0 aliphatic rings. The van der Waals surface area contributed by atoms with Crippen molar-refractivity contribution >= 4 is 34.8 Å². The number of nitrogens with one attached hydrogen (secondary N) is 2. The van der Waals surface area contributed by atoms with Crippen LogP contribution in [0.5, 0.6) is 0 Å². The topological polar surface area (TPSA) is 33.5 Å². The van der Waals surface area contributed by atoms with Gasteiger partial charge in [-0.1, -0.05) is 53.5 Å². The Bertz CT molecular complexity index is 617. The Kier molecular flexibility index (Phi) is 5.62. The molecule has 1 unspecified atom stereocenters. The minimum absolute atomic E-state index is 0.0902. The summed E-state index contributed by atoms with van der Waals surface area (Å²) in [5.41, 5.74) is 1.74. The van der Waals surface area contributed by atoms with Crippen LogP contribution in [-0.2, 0) is 11.3 Å². The van der Waals surface area contributed by atoms with Gasteiger partial charge in [-0.3, -0.25) is 4.79 Å². The molecule has 0 fully saturated rings. The van der Waals surface area contributed by atoms with Gasteiger partial charge in [0.15, 0.2) is 6.54 Å². The van der Waals surface area contributed by atoms with Crippen molar-refractivity contribution < 1.29 is 9.69 Å². The second kappa shape index (κ2) is 7.46. The molecule has 3 nitrogen and oxygen atoms in total. The largest absolute Gasteiger partial charge is 0.326 e. The van der Waals surface area contributed by atoms with Gasteiger partial charge in [0, 0.05) is 10.6 Å². The van der Waals surface area contributed by atoms with Crippen molar-refractivity contribution in [2.24, 2.45) is 0 Å². The van der Waals surface area contributed by atoms with Crippen molar-refractivity contribution in [2.45, 2.75) is 6.54 Å². The SMILES string of the molecule is C[NH+](CC(=O)Nc1cc(Cl)ccc1Cl)Cc1ccccc1. The number of carbonyl (C=O) groups is 1. The molecule has 2 aromatic carbocycles. The molecule has 0 aliphatic heterocycles. The summed E-state index contributed by atoms with van der Waals surface area (Å²) in [6.45, 7) is 1.15. The van der Waals surface area contributed by atoms with E-state index in [1.165, 1.54) is 5.56 Å². The number of benzene rings is 2. The molecule has 2 rings (SSSR count).